The zero-order valence-corrected chi connectivity index (χ0v) is 25.2. The lowest BCUT2D eigenvalue weighted by atomic mass is 9.52. The Hall–Kier alpha value is -2.96. The fourth-order valence-corrected chi connectivity index (χ4v) is 7.24. The molecule has 4 rings (SSSR count). The van der Waals surface area contributed by atoms with Gasteiger partial charge in [0.2, 0.25) is 0 Å². The van der Waals surface area contributed by atoms with Crippen molar-refractivity contribution in [3.05, 3.63) is 24.3 Å². The van der Waals surface area contributed by atoms with Crippen LogP contribution in [0.3, 0.4) is 0 Å². The second-order valence-electron chi connectivity index (χ2n) is 11.7. The average molecular weight is 613 g/mol. The van der Waals surface area contributed by atoms with Crippen molar-refractivity contribution >= 4 is 41.4 Å². The Morgan fingerprint density at radius 2 is 1.64 bits per heavy atom. The molecule has 42 heavy (non-hydrogen) atoms. The molecule has 11 atom stereocenters. The van der Waals surface area contributed by atoms with E-state index in [0.717, 1.165) is 6.92 Å². The van der Waals surface area contributed by atoms with Crippen molar-refractivity contribution in [3.63, 3.8) is 0 Å². The van der Waals surface area contributed by atoms with E-state index in [9.17, 15) is 29.1 Å². The van der Waals surface area contributed by atoms with Gasteiger partial charge in [0.05, 0.1) is 23.3 Å². The minimum atomic E-state index is -2.25. The molecule has 12 nitrogen and oxygen atoms in total. The highest BCUT2D eigenvalue weighted by atomic mass is 35.5. The van der Waals surface area contributed by atoms with Crippen LogP contribution >= 0.6 is 11.6 Å². The van der Waals surface area contributed by atoms with Crippen LogP contribution in [0.5, 0.6) is 0 Å². The van der Waals surface area contributed by atoms with Crippen LogP contribution in [-0.4, -0.2) is 88.7 Å². The Labute approximate surface area is 248 Å². The van der Waals surface area contributed by atoms with Gasteiger partial charge in [-0.1, -0.05) is 26.5 Å². The van der Waals surface area contributed by atoms with Crippen molar-refractivity contribution in [1.82, 2.24) is 0 Å². The van der Waals surface area contributed by atoms with Crippen LogP contribution in [0.2, 0.25) is 0 Å². The number of fused-ring (bicyclic) bond motifs is 3. The number of epoxide rings is 1. The van der Waals surface area contributed by atoms with Crippen molar-refractivity contribution in [1.29, 1.82) is 0 Å². The third-order valence-electron chi connectivity index (χ3n) is 8.92. The highest BCUT2D eigenvalue weighted by molar-refractivity contribution is 6.23. The fourth-order valence-electron chi connectivity index (χ4n) is 6.91. The number of halogens is 1. The summed E-state index contributed by atoms with van der Waals surface area (Å²) in [4.78, 5) is 63.3. The van der Waals surface area contributed by atoms with Gasteiger partial charge >= 0.3 is 29.8 Å². The van der Waals surface area contributed by atoms with E-state index in [1.165, 1.54) is 32.9 Å². The van der Waals surface area contributed by atoms with E-state index in [1.807, 2.05) is 0 Å². The van der Waals surface area contributed by atoms with E-state index in [1.54, 1.807) is 13.8 Å². The molecule has 11 unspecified atom stereocenters. The van der Waals surface area contributed by atoms with Gasteiger partial charge in [-0.25, -0.2) is 0 Å². The zero-order chi connectivity index (χ0) is 31.4. The lowest BCUT2D eigenvalue weighted by Gasteiger charge is -2.57. The fraction of sp³-hybridized carbons (Fsp3) is 0.690. The van der Waals surface area contributed by atoms with Crippen LogP contribution in [0.25, 0.3) is 0 Å². The number of hydrogen-bond donors (Lipinski definition) is 1. The summed E-state index contributed by atoms with van der Waals surface area (Å²) >= 11 is 6.75. The molecule has 1 saturated carbocycles. The lowest BCUT2D eigenvalue weighted by molar-refractivity contribution is -0.257. The molecule has 1 spiro atoms. The topological polar surface area (TPSA) is 164 Å². The average Bonchev–Trinajstić information content (AvgIpc) is 3.62. The summed E-state index contributed by atoms with van der Waals surface area (Å²) in [5, 5.41) is 11.4. The van der Waals surface area contributed by atoms with Crippen molar-refractivity contribution in [2.45, 2.75) is 101 Å². The maximum absolute atomic E-state index is 13.0. The molecule has 0 radical (unpaired) electrons. The van der Waals surface area contributed by atoms with Gasteiger partial charge in [0.25, 0.3) is 0 Å². The number of carbonyl (C=O) groups is 5. The molecular weight excluding hydrogens is 576 g/mol. The molecule has 0 aromatic heterocycles. The summed E-state index contributed by atoms with van der Waals surface area (Å²) < 4.78 is 35.0. The molecule has 13 heteroatoms. The van der Waals surface area contributed by atoms with Gasteiger partial charge < -0.3 is 33.5 Å². The third kappa shape index (κ3) is 5.22. The highest BCUT2D eigenvalue weighted by Gasteiger charge is 2.77. The Kier molecular flexibility index (Phi) is 8.58. The van der Waals surface area contributed by atoms with E-state index in [0.29, 0.717) is 0 Å². The summed E-state index contributed by atoms with van der Waals surface area (Å²) in [7, 11) is 0. The number of ether oxygens (including phenoxy) is 6. The first-order valence-electron chi connectivity index (χ1n) is 13.8. The van der Waals surface area contributed by atoms with Gasteiger partial charge in [-0.3, -0.25) is 24.0 Å². The van der Waals surface area contributed by atoms with Gasteiger partial charge in [-0.15, -0.1) is 11.6 Å². The number of rotatable bonds is 5. The van der Waals surface area contributed by atoms with Crippen LogP contribution < -0.4 is 0 Å². The molecular formula is C29H37ClO12. The second-order valence-corrected chi connectivity index (χ2v) is 12.1. The summed E-state index contributed by atoms with van der Waals surface area (Å²) in [6.07, 6.45) is -3.70. The normalized spacial score (nSPS) is 42.5. The van der Waals surface area contributed by atoms with Gasteiger partial charge in [0, 0.05) is 39.5 Å². The summed E-state index contributed by atoms with van der Waals surface area (Å²) in [5.74, 6) is -5.97. The molecule has 3 fully saturated rings. The molecule has 2 saturated heterocycles. The SMILES string of the molecule is C=C1C=CC(OC(=O)CC)C2(C)C(OC(C)=O)C(OC(C)=O)CC3(CO3)C2C(OC(C)=O)C2(O)C(C)C(=O)OC2C1Cl. The summed E-state index contributed by atoms with van der Waals surface area (Å²) in [5.41, 5.74) is -4.90. The second kappa shape index (κ2) is 11.3. The molecule has 0 amide bonds. The van der Waals surface area contributed by atoms with Gasteiger partial charge in [-0.2, -0.15) is 0 Å². The largest absolute Gasteiger partial charge is 0.459 e. The molecule has 2 heterocycles. The first kappa shape index (κ1) is 32.0. The van der Waals surface area contributed by atoms with Gasteiger partial charge in [0.1, 0.15) is 30.0 Å². The monoisotopic (exact) mass is 612 g/mol. The Bertz CT molecular complexity index is 1210. The Morgan fingerprint density at radius 1 is 1.07 bits per heavy atom. The van der Waals surface area contributed by atoms with E-state index < -0.39 is 94.2 Å². The Morgan fingerprint density at radius 3 is 2.17 bits per heavy atom. The van der Waals surface area contributed by atoms with Crippen LogP contribution in [0.1, 0.15) is 54.4 Å². The predicted octanol–water partition coefficient (Wildman–Crippen LogP) is 1.92. The number of allylic oxidation sites excluding steroid dienone is 1. The smallest absolute Gasteiger partial charge is 0.312 e. The molecule has 232 valence electrons. The van der Waals surface area contributed by atoms with Crippen molar-refractivity contribution in [3.8, 4) is 0 Å². The van der Waals surface area contributed by atoms with Gasteiger partial charge in [0.15, 0.2) is 11.7 Å². The molecule has 2 aliphatic heterocycles. The van der Waals surface area contributed by atoms with Crippen LogP contribution in [-0.2, 0) is 52.4 Å². The summed E-state index contributed by atoms with van der Waals surface area (Å²) in [6, 6.07) is 0. The first-order chi connectivity index (χ1) is 19.5. The third-order valence-corrected chi connectivity index (χ3v) is 9.43. The molecule has 1 N–H and O–H groups in total. The minimum Gasteiger partial charge on any atom is -0.459 e. The maximum atomic E-state index is 13.0. The number of alkyl halides is 1. The number of esters is 5. The number of hydrogen-bond acceptors (Lipinski definition) is 12. The number of carbonyl (C=O) groups excluding carboxylic acids is 5. The maximum Gasteiger partial charge on any atom is 0.312 e. The standard InChI is InChI=1S/C29H37ClO12/c1-8-20(34)41-19-10-9-13(2)21(30)24-29(36,14(3)26(35)42-24)25(40-17(6)33)22-27(19,7)23(39-16(5)32)18(38-15(4)31)11-28(22)12-37-28/h9-10,14,18-19,21-25,36H,2,8,11-12H2,1,3-7H3. The van der Waals surface area contributed by atoms with Crippen LogP contribution in [0.4, 0.5) is 0 Å². The highest BCUT2D eigenvalue weighted by Crippen LogP contribution is 2.62. The molecule has 2 aliphatic carbocycles. The molecule has 0 aromatic carbocycles. The van der Waals surface area contributed by atoms with E-state index in [-0.39, 0.29) is 25.0 Å². The van der Waals surface area contributed by atoms with E-state index >= 15 is 0 Å². The lowest BCUT2D eigenvalue weighted by Crippen LogP contribution is -2.72. The zero-order valence-electron chi connectivity index (χ0n) is 24.4. The first-order valence-corrected chi connectivity index (χ1v) is 14.3. The molecule has 0 bridgehead atoms. The van der Waals surface area contributed by atoms with E-state index in [4.69, 9.17) is 40.0 Å². The summed E-state index contributed by atoms with van der Waals surface area (Å²) in [6.45, 7) is 12.2. The van der Waals surface area contributed by atoms with Crippen molar-refractivity contribution < 1.29 is 57.5 Å². The van der Waals surface area contributed by atoms with Crippen molar-refractivity contribution in [2.24, 2.45) is 17.3 Å². The number of aliphatic hydroxyl groups is 1. The predicted molar refractivity (Wildman–Crippen MR) is 144 cm³/mol. The van der Waals surface area contributed by atoms with Crippen LogP contribution in [0.15, 0.2) is 24.3 Å². The quantitative estimate of drug-likeness (QED) is 0.208. The van der Waals surface area contributed by atoms with E-state index in [2.05, 4.69) is 6.58 Å². The van der Waals surface area contributed by atoms with Crippen molar-refractivity contribution in [2.75, 3.05) is 6.61 Å². The molecule has 0 aromatic rings. The molecule has 4 aliphatic rings. The minimum absolute atomic E-state index is 0.0177. The van der Waals surface area contributed by atoms with Gasteiger partial charge in [-0.05, 0) is 18.6 Å². The Balaban J connectivity index is 2.09. The van der Waals surface area contributed by atoms with Crippen LogP contribution in [0, 0.1) is 17.3 Å².